The smallest absolute Gasteiger partial charge is 0.305 e. The van der Waals surface area contributed by atoms with E-state index >= 15 is 0 Å². The Hall–Kier alpha value is -2.18. The van der Waals surface area contributed by atoms with Gasteiger partial charge in [-0.25, -0.2) is 0 Å². The molecular formula is C73H137NO5. The molecule has 464 valence electrons. The molecule has 0 radical (unpaired) electrons. The van der Waals surface area contributed by atoms with E-state index in [-0.39, 0.29) is 18.5 Å². The number of rotatable bonds is 66. The largest absolute Gasteiger partial charge is 0.466 e. The summed E-state index contributed by atoms with van der Waals surface area (Å²) in [5.41, 5.74) is 0. The minimum atomic E-state index is -0.661. The molecule has 0 aromatic carbocycles. The van der Waals surface area contributed by atoms with Crippen LogP contribution in [0.5, 0.6) is 0 Å². The summed E-state index contributed by atoms with van der Waals surface area (Å²) in [5, 5.41) is 23.2. The Labute approximate surface area is 493 Å². The van der Waals surface area contributed by atoms with Gasteiger partial charge in [0.2, 0.25) is 5.91 Å². The van der Waals surface area contributed by atoms with Crippen LogP contribution in [0, 0.1) is 0 Å². The first-order valence-corrected chi connectivity index (χ1v) is 35.4. The number of hydrogen-bond donors (Lipinski definition) is 3. The molecule has 1 amide bonds. The van der Waals surface area contributed by atoms with Gasteiger partial charge in [0.05, 0.1) is 25.4 Å². The number of nitrogens with one attached hydrogen (secondary N) is 1. The first-order chi connectivity index (χ1) is 39.0. The van der Waals surface area contributed by atoms with Gasteiger partial charge in [-0.15, -0.1) is 0 Å². The molecule has 0 aromatic heterocycles. The van der Waals surface area contributed by atoms with Crippen LogP contribution >= 0.6 is 0 Å². The fourth-order valence-corrected chi connectivity index (χ4v) is 10.9. The average Bonchev–Trinajstić information content (AvgIpc) is 3.45. The topological polar surface area (TPSA) is 95.9 Å². The quantitative estimate of drug-likeness (QED) is 0.0320. The summed E-state index contributed by atoms with van der Waals surface area (Å²) in [6, 6.07) is -0.538. The lowest BCUT2D eigenvalue weighted by atomic mass is 10.0. The van der Waals surface area contributed by atoms with Crippen LogP contribution in [0.3, 0.4) is 0 Å². The summed E-state index contributed by atoms with van der Waals surface area (Å²) < 4.78 is 5.48. The number of amides is 1. The standard InChI is InChI=1S/C73H137NO5/c1-3-5-7-9-11-13-15-16-43-47-51-55-59-63-67-73(78)79-68-64-60-56-52-48-44-41-39-37-35-33-31-29-27-25-23-21-19-17-18-20-22-24-26-28-30-32-34-36-38-40-42-46-50-54-58-62-66-72(77)74-70(69-75)71(76)65-61-57-53-49-45-14-12-10-8-6-4-2/h9,11,15-17,19,23,25,70-71,75-76H,3-8,10,12-14,18,20-22,24,26-69H2,1-2H3,(H,74,77)/b11-9-,16-15-,19-17-,25-23-. The minimum Gasteiger partial charge on any atom is -0.466 e. The van der Waals surface area contributed by atoms with Gasteiger partial charge in [0, 0.05) is 12.8 Å². The van der Waals surface area contributed by atoms with Gasteiger partial charge < -0.3 is 20.3 Å². The highest BCUT2D eigenvalue weighted by atomic mass is 16.5. The van der Waals surface area contributed by atoms with Crippen molar-refractivity contribution in [2.24, 2.45) is 0 Å². The lowest BCUT2D eigenvalue weighted by Crippen LogP contribution is -2.45. The number of carbonyl (C=O) groups is 2. The van der Waals surface area contributed by atoms with Gasteiger partial charge in [-0.1, -0.05) is 332 Å². The van der Waals surface area contributed by atoms with Crippen LogP contribution in [0.2, 0.25) is 0 Å². The highest BCUT2D eigenvalue weighted by Crippen LogP contribution is 2.18. The minimum absolute atomic E-state index is 0.00400. The van der Waals surface area contributed by atoms with Gasteiger partial charge >= 0.3 is 5.97 Å². The molecule has 0 fully saturated rings. The van der Waals surface area contributed by atoms with Crippen LogP contribution in [-0.2, 0) is 14.3 Å². The predicted octanol–water partition coefficient (Wildman–Crippen LogP) is 22.9. The Morgan fingerprint density at radius 1 is 0.354 bits per heavy atom. The van der Waals surface area contributed by atoms with Gasteiger partial charge in [0.1, 0.15) is 0 Å². The van der Waals surface area contributed by atoms with Crippen LogP contribution in [0.25, 0.3) is 0 Å². The molecular weight excluding hydrogens is 971 g/mol. The Morgan fingerprint density at radius 3 is 1.00 bits per heavy atom. The van der Waals surface area contributed by atoms with Crippen molar-refractivity contribution < 1.29 is 24.5 Å². The summed E-state index contributed by atoms with van der Waals surface area (Å²) in [5.74, 6) is -0.0280. The van der Waals surface area contributed by atoms with Gasteiger partial charge in [-0.3, -0.25) is 9.59 Å². The maximum absolute atomic E-state index is 12.5. The molecule has 0 aromatic rings. The number of unbranched alkanes of at least 4 members (excludes halogenated alkanes) is 47. The Bertz CT molecular complexity index is 1320. The zero-order valence-electron chi connectivity index (χ0n) is 53.1. The van der Waals surface area contributed by atoms with Gasteiger partial charge in [0.15, 0.2) is 0 Å². The number of esters is 1. The highest BCUT2D eigenvalue weighted by molar-refractivity contribution is 5.76. The second-order valence-corrected chi connectivity index (χ2v) is 24.2. The molecule has 79 heavy (non-hydrogen) atoms. The van der Waals surface area contributed by atoms with Crippen LogP contribution in [0.4, 0.5) is 0 Å². The number of allylic oxidation sites excluding steroid dienone is 8. The van der Waals surface area contributed by atoms with Gasteiger partial charge in [-0.2, -0.15) is 0 Å². The fraction of sp³-hybridized carbons (Fsp3) is 0.863. The number of hydrogen-bond acceptors (Lipinski definition) is 5. The average molecular weight is 1110 g/mol. The second kappa shape index (κ2) is 68.3. The Morgan fingerprint density at radius 2 is 0.646 bits per heavy atom. The first kappa shape index (κ1) is 76.8. The van der Waals surface area contributed by atoms with E-state index in [1.54, 1.807) is 0 Å². The van der Waals surface area contributed by atoms with Crippen molar-refractivity contribution in [3.8, 4) is 0 Å². The zero-order valence-corrected chi connectivity index (χ0v) is 53.1. The summed E-state index contributed by atoms with van der Waals surface area (Å²) in [6.07, 6.45) is 88.9. The summed E-state index contributed by atoms with van der Waals surface area (Å²) in [7, 11) is 0. The van der Waals surface area contributed by atoms with Crippen molar-refractivity contribution in [1.29, 1.82) is 0 Å². The van der Waals surface area contributed by atoms with Crippen LogP contribution in [-0.4, -0.2) is 47.4 Å². The van der Waals surface area contributed by atoms with E-state index in [0.29, 0.717) is 25.9 Å². The SMILES string of the molecule is CCCC/C=C\C/C=C\CCCCCCCC(=O)OCCCCCCCCCCCCCCC/C=C\C/C=C\CCCCCCCCCCCCCCCCCCCC(=O)NC(CO)C(O)CCCCCCCCCCCCC. The van der Waals surface area contributed by atoms with Crippen LogP contribution in [0.15, 0.2) is 48.6 Å². The van der Waals surface area contributed by atoms with Crippen molar-refractivity contribution in [3.05, 3.63) is 48.6 Å². The third-order valence-electron chi connectivity index (χ3n) is 16.4. The third-order valence-corrected chi connectivity index (χ3v) is 16.4. The second-order valence-electron chi connectivity index (χ2n) is 24.2. The zero-order chi connectivity index (χ0) is 57.1. The molecule has 2 unspecified atom stereocenters. The van der Waals surface area contributed by atoms with E-state index in [0.717, 1.165) is 57.8 Å². The molecule has 0 bridgehead atoms. The molecule has 6 nitrogen and oxygen atoms in total. The molecule has 0 aliphatic heterocycles. The van der Waals surface area contributed by atoms with Crippen molar-refractivity contribution in [3.63, 3.8) is 0 Å². The number of aliphatic hydroxyl groups is 2. The molecule has 0 aliphatic carbocycles. The van der Waals surface area contributed by atoms with E-state index < -0.39 is 12.1 Å². The predicted molar refractivity (Wildman–Crippen MR) is 347 cm³/mol. The molecule has 0 spiro atoms. The Balaban J connectivity index is 3.35. The van der Waals surface area contributed by atoms with Crippen molar-refractivity contribution >= 4 is 11.9 Å². The fourth-order valence-electron chi connectivity index (χ4n) is 10.9. The van der Waals surface area contributed by atoms with Crippen molar-refractivity contribution in [1.82, 2.24) is 5.32 Å². The summed E-state index contributed by atoms with van der Waals surface area (Å²) >= 11 is 0. The molecule has 0 saturated heterocycles. The molecule has 3 N–H and O–H groups in total. The number of aliphatic hydroxyl groups excluding tert-OH is 2. The van der Waals surface area contributed by atoms with Crippen LogP contribution < -0.4 is 5.32 Å². The molecule has 0 aliphatic rings. The first-order valence-electron chi connectivity index (χ1n) is 35.4. The molecule has 2 atom stereocenters. The molecule has 0 rings (SSSR count). The van der Waals surface area contributed by atoms with E-state index in [9.17, 15) is 19.8 Å². The molecule has 0 heterocycles. The monoisotopic (exact) mass is 1110 g/mol. The normalized spacial score (nSPS) is 12.8. The number of carbonyl (C=O) groups excluding carboxylic acids is 2. The Kier molecular flexibility index (Phi) is 66.4. The van der Waals surface area contributed by atoms with Crippen LogP contribution in [0.1, 0.15) is 380 Å². The summed E-state index contributed by atoms with van der Waals surface area (Å²) in [6.45, 7) is 4.92. The molecule has 0 saturated carbocycles. The third kappa shape index (κ3) is 64.8. The van der Waals surface area contributed by atoms with E-state index in [1.807, 2.05) is 0 Å². The van der Waals surface area contributed by atoms with E-state index in [2.05, 4.69) is 67.8 Å². The number of ether oxygens (including phenoxy) is 1. The van der Waals surface area contributed by atoms with Gasteiger partial charge in [0.25, 0.3) is 0 Å². The maximum atomic E-state index is 12.5. The molecule has 6 heteroatoms. The van der Waals surface area contributed by atoms with Gasteiger partial charge in [-0.05, 0) is 83.5 Å². The summed E-state index contributed by atoms with van der Waals surface area (Å²) in [4.78, 5) is 24.5. The lowest BCUT2D eigenvalue weighted by molar-refractivity contribution is -0.143. The highest BCUT2D eigenvalue weighted by Gasteiger charge is 2.20. The maximum Gasteiger partial charge on any atom is 0.305 e. The van der Waals surface area contributed by atoms with Crippen molar-refractivity contribution in [2.75, 3.05) is 13.2 Å². The van der Waals surface area contributed by atoms with Crippen molar-refractivity contribution in [2.45, 2.75) is 392 Å². The van der Waals surface area contributed by atoms with E-state index in [4.69, 9.17) is 4.74 Å². The lowest BCUT2D eigenvalue weighted by Gasteiger charge is -2.22. The van der Waals surface area contributed by atoms with E-state index in [1.165, 1.54) is 289 Å².